The summed E-state index contributed by atoms with van der Waals surface area (Å²) in [7, 11) is 2.88. The molecule has 8 N–H and O–H groups in total. The summed E-state index contributed by atoms with van der Waals surface area (Å²) in [6, 6.07) is 10.1. The highest BCUT2D eigenvalue weighted by Gasteiger charge is 2.34. The van der Waals surface area contributed by atoms with Gasteiger partial charge in [-0.25, -0.2) is 34.9 Å². The first-order valence-electron chi connectivity index (χ1n) is 25.6. The molecule has 23 nitrogen and oxygen atoms in total. The summed E-state index contributed by atoms with van der Waals surface area (Å²) in [6.45, 7) is 7.99. The topological polar surface area (TPSA) is 332 Å². The number of amides is 6. The van der Waals surface area contributed by atoms with E-state index in [9.17, 15) is 43.8 Å². The normalized spacial score (nSPS) is 15.6. The summed E-state index contributed by atoms with van der Waals surface area (Å²) >= 11 is 6.93. The molecule has 0 spiro atoms. The third-order valence-corrected chi connectivity index (χ3v) is 18.8. The van der Waals surface area contributed by atoms with Crippen molar-refractivity contribution in [2.24, 2.45) is 10.8 Å². The first-order valence-corrected chi connectivity index (χ1v) is 30.7. The Labute approximate surface area is 498 Å². The number of carbonyl (C=O) groups excluding carboxylic acids is 6. The van der Waals surface area contributed by atoms with Gasteiger partial charge in [-0.05, 0) is 51.3 Å². The number of aliphatic hydroxyl groups is 1. The Balaban J connectivity index is 1.09. The molecule has 29 heteroatoms. The van der Waals surface area contributed by atoms with Gasteiger partial charge in [-0.1, -0.05) is 61.9 Å². The van der Waals surface area contributed by atoms with Crippen LogP contribution in [-0.2, 0) is 30.5 Å². The minimum atomic E-state index is -1.28. The highest BCUT2D eigenvalue weighted by molar-refractivity contribution is 7.16. The van der Waals surface area contributed by atoms with Gasteiger partial charge in [-0.3, -0.25) is 38.9 Å². The largest absolute Gasteiger partial charge is 0.481 e. The molecule has 10 bridgehead atoms. The zero-order valence-electron chi connectivity index (χ0n) is 45.6. The molecule has 0 unspecified atom stereocenters. The molecular formula is C54H55N13O10S6. The lowest BCUT2D eigenvalue weighted by atomic mass is 9.81. The molecule has 432 valence electrons. The lowest BCUT2D eigenvalue weighted by Crippen LogP contribution is -2.40. The van der Waals surface area contributed by atoms with E-state index in [1.54, 1.807) is 98.6 Å². The summed E-state index contributed by atoms with van der Waals surface area (Å²) < 4.78 is 5.34. The van der Waals surface area contributed by atoms with Crippen LogP contribution in [0.1, 0.15) is 128 Å². The van der Waals surface area contributed by atoms with Gasteiger partial charge in [0.1, 0.15) is 77.2 Å². The summed E-state index contributed by atoms with van der Waals surface area (Å²) in [5, 5.41) is 46.7. The van der Waals surface area contributed by atoms with Crippen LogP contribution >= 0.6 is 68.0 Å². The number of fused-ring (bicyclic) bond motifs is 14. The Hall–Kier alpha value is -7.64. The molecule has 1 aliphatic heterocycles. The summed E-state index contributed by atoms with van der Waals surface area (Å²) in [4.78, 5) is 128. The van der Waals surface area contributed by atoms with Crippen molar-refractivity contribution in [1.82, 2.24) is 56.2 Å². The summed E-state index contributed by atoms with van der Waals surface area (Å²) in [5.41, 5.74) is 0.723. The van der Waals surface area contributed by atoms with Crippen molar-refractivity contribution in [3.05, 3.63) is 106 Å². The molecule has 8 heterocycles. The van der Waals surface area contributed by atoms with E-state index in [1.165, 1.54) is 48.2 Å². The monoisotopic (exact) mass is 1240 g/mol. The van der Waals surface area contributed by atoms with Crippen LogP contribution in [0.5, 0.6) is 0 Å². The maximum atomic E-state index is 14.2. The molecule has 0 radical (unpaired) electrons. The lowest BCUT2D eigenvalue weighted by Gasteiger charge is -2.25. The van der Waals surface area contributed by atoms with Crippen molar-refractivity contribution in [1.29, 1.82) is 0 Å². The molecule has 1 aliphatic rings. The van der Waals surface area contributed by atoms with Crippen LogP contribution in [0, 0.1) is 17.8 Å². The molecule has 7 aromatic heterocycles. The Morgan fingerprint density at radius 3 is 2.17 bits per heavy atom. The van der Waals surface area contributed by atoms with Gasteiger partial charge >= 0.3 is 5.97 Å². The molecule has 0 saturated heterocycles. The van der Waals surface area contributed by atoms with Crippen molar-refractivity contribution < 1.29 is 48.5 Å². The number of carboxylic acid groups (broad SMARTS) is 1. The number of nitrogens with one attached hydrogen (secondary N) is 6. The molecule has 0 fully saturated rings. The Morgan fingerprint density at radius 1 is 0.723 bits per heavy atom. The number of aryl methyl sites for hydroxylation is 1. The SMILES string of the molecule is CNC(=O)C[C@@H]1NC(=O)c2csc(n2)-c2ccc(-c3nc(NC(=O)C(C)(C)CCCC(C)(C)C(=O)O)cs3)nc2-c2csc(n2)-c2csc(n2)[C@H]([C@@H](O)c2ccccc2)NC(=O)CNC(=O)c2nc(sc2COC)NC(=O)c2nc1sc2C. The number of nitrogens with zero attached hydrogens (tertiary/aromatic N) is 7. The molecular weight excluding hydrogens is 1180 g/mol. The molecule has 83 heavy (non-hydrogen) atoms. The van der Waals surface area contributed by atoms with Crippen molar-refractivity contribution in [3.63, 3.8) is 0 Å². The smallest absolute Gasteiger partial charge is 0.309 e. The number of hydrogen-bond donors (Lipinski definition) is 8. The average Bonchev–Trinajstić information content (AvgIpc) is 4.55. The quantitative estimate of drug-likeness (QED) is 0.0504. The number of carboxylic acids is 1. The number of carbonyl (C=O) groups is 7. The fourth-order valence-electron chi connectivity index (χ4n) is 8.46. The van der Waals surface area contributed by atoms with Crippen molar-refractivity contribution >= 4 is 120 Å². The van der Waals surface area contributed by atoms with Crippen LogP contribution in [0.2, 0.25) is 0 Å². The van der Waals surface area contributed by atoms with E-state index < -0.39 is 71.1 Å². The van der Waals surface area contributed by atoms with Gasteiger partial charge in [-0.15, -0.1) is 56.7 Å². The first kappa shape index (κ1) is 60.0. The molecule has 0 saturated carbocycles. The van der Waals surface area contributed by atoms with Crippen molar-refractivity contribution in [2.75, 3.05) is 31.3 Å². The molecule has 9 rings (SSSR count). The maximum absolute atomic E-state index is 14.2. The van der Waals surface area contributed by atoms with E-state index in [0.29, 0.717) is 88.8 Å². The fraction of sp³-hybridized carbons (Fsp3) is 0.333. The molecule has 3 atom stereocenters. The van der Waals surface area contributed by atoms with Gasteiger partial charge < -0.3 is 41.5 Å². The zero-order valence-corrected chi connectivity index (χ0v) is 50.5. The second-order valence-corrected chi connectivity index (χ2v) is 26.1. The highest BCUT2D eigenvalue weighted by Crippen LogP contribution is 2.40. The highest BCUT2D eigenvalue weighted by atomic mass is 32.1. The minimum Gasteiger partial charge on any atom is -0.481 e. The number of aliphatic carboxylic acids is 1. The number of aliphatic hydroxyl groups excluding tert-OH is 1. The van der Waals surface area contributed by atoms with Gasteiger partial charge in [0.25, 0.3) is 17.7 Å². The number of methoxy groups -OCH3 is 1. The third-order valence-electron chi connectivity index (χ3n) is 13.3. The third kappa shape index (κ3) is 13.9. The van der Waals surface area contributed by atoms with Gasteiger partial charge in [0.15, 0.2) is 5.13 Å². The number of hydrogen-bond acceptors (Lipinski definition) is 22. The van der Waals surface area contributed by atoms with E-state index in [2.05, 4.69) is 41.9 Å². The van der Waals surface area contributed by atoms with E-state index >= 15 is 0 Å². The number of rotatable bonds is 14. The zero-order chi connectivity index (χ0) is 59.3. The van der Waals surface area contributed by atoms with Crippen LogP contribution in [0.25, 0.3) is 43.4 Å². The number of thiazole rings is 6. The Kier molecular flexibility index (Phi) is 18.4. The maximum Gasteiger partial charge on any atom is 0.309 e. The van der Waals surface area contributed by atoms with E-state index in [1.807, 2.05) is 0 Å². The predicted octanol–water partition coefficient (Wildman–Crippen LogP) is 8.68. The van der Waals surface area contributed by atoms with Gasteiger partial charge in [0, 0.05) is 51.5 Å². The number of ether oxygens (including phenoxy) is 1. The van der Waals surface area contributed by atoms with Gasteiger partial charge in [0.2, 0.25) is 17.7 Å². The fourth-order valence-corrected chi connectivity index (χ4v) is 13.6. The van der Waals surface area contributed by atoms with E-state index in [-0.39, 0.29) is 46.2 Å². The Bertz CT molecular complexity index is 3750. The predicted molar refractivity (Wildman–Crippen MR) is 317 cm³/mol. The number of benzene rings is 1. The number of pyridine rings is 1. The molecule has 8 aromatic rings. The summed E-state index contributed by atoms with van der Waals surface area (Å²) in [5.74, 6) is -4.01. The van der Waals surface area contributed by atoms with Gasteiger partial charge in [0.05, 0.1) is 41.6 Å². The number of aromatic nitrogens is 7. The summed E-state index contributed by atoms with van der Waals surface area (Å²) in [6.07, 6.45) is -0.158. The number of anilines is 2. The standard InChI is InChI=1S/C54H55N13O10S6/c1-25-37-44(73)67-52-66-39(33(83-52)20-77-7)43(72)56-19-36(69)64-40(41(70)26-12-9-8-10-13-26)49-61-32(23-80-49)47-59-30(21-79-47)38-27(45-60-31(22-78-45)42(71)58-29(18-35(68)55-6)48(65-37)82-25)14-15-28(57-38)46-62-34(24-81-46)63-50(74)53(2,3)16-11-17-54(4,5)51(75)76/h8-10,12-15,21-24,29,40-41,70H,11,16-20H2,1-7H3,(H,55,68)(H,56,72)(H,58,71)(H,63,74)(H,64,69)(H,75,76)(H,66,67,73)/t29-,40-,41-/m0/s1. The van der Waals surface area contributed by atoms with Crippen LogP contribution in [0.15, 0.2) is 64.0 Å². The lowest BCUT2D eigenvalue weighted by molar-refractivity contribution is -0.147. The Morgan fingerprint density at radius 2 is 1.42 bits per heavy atom. The molecule has 6 amide bonds. The first-order chi connectivity index (χ1) is 39.6. The second kappa shape index (κ2) is 25.5. The van der Waals surface area contributed by atoms with Gasteiger partial charge in [-0.2, -0.15) is 0 Å². The van der Waals surface area contributed by atoms with E-state index in [4.69, 9.17) is 29.7 Å². The van der Waals surface area contributed by atoms with Crippen LogP contribution < -0.4 is 31.9 Å². The van der Waals surface area contributed by atoms with Crippen molar-refractivity contribution in [3.8, 4) is 43.4 Å². The second-order valence-electron chi connectivity index (χ2n) is 20.3. The molecule has 1 aromatic carbocycles. The average molecular weight is 1240 g/mol. The molecule has 0 aliphatic carbocycles. The van der Waals surface area contributed by atoms with Crippen LogP contribution in [-0.4, -0.2) is 107 Å². The van der Waals surface area contributed by atoms with Crippen LogP contribution in [0.3, 0.4) is 0 Å². The van der Waals surface area contributed by atoms with E-state index in [0.717, 1.165) is 34.0 Å². The minimum absolute atomic E-state index is 0.0129. The van der Waals surface area contributed by atoms with Crippen LogP contribution in [0.4, 0.5) is 10.9 Å². The van der Waals surface area contributed by atoms with Crippen molar-refractivity contribution in [2.45, 2.75) is 85.1 Å².